The third-order valence-electron chi connectivity index (χ3n) is 10.6. The van der Waals surface area contributed by atoms with E-state index < -0.39 is 12.3 Å². The van der Waals surface area contributed by atoms with Gasteiger partial charge in [-0.05, 0) is 68.4 Å². The van der Waals surface area contributed by atoms with E-state index >= 15 is 0 Å². The van der Waals surface area contributed by atoms with Gasteiger partial charge in [0, 0.05) is 74.8 Å². The zero-order valence-electron chi connectivity index (χ0n) is 31.5. The summed E-state index contributed by atoms with van der Waals surface area (Å²) in [6, 6.07) is 14.5. The summed E-state index contributed by atoms with van der Waals surface area (Å²) in [6.07, 6.45) is 2.87. The quantitative estimate of drug-likeness (QED) is 0.140. The first-order chi connectivity index (χ1) is 27.1. The monoisotopic (exact) mass is 782 g/mol. The molecule has 2 aromatic carbocycles. The van der Waals surface area contributed by atoms with Crippen LogP contribution in [0.1, 0.15) is 78.9 Å². The van der Waals surface area contributed by atoms with Gasteiger partial charge in [-0.2, -0.15) is 0 Å². The first-order valence-corrected chi connectivity index (χ1v) is 19.8. The van der Waals surface area contributed by atoms with Crippen LogP contribution < -0.4 is 26.4 Å². The number of rotatable bonds is 13. The molecule has 7 rings (SSSR count). The van der Waals surface area contributed by atoms with Crippen molar-refractivity contribution < 1.29 is 33.4 Å². The molecule has 16 heteroatoms. The Labute approximate surface area is 328 Å². The van der Waals surface area contributed by atoms with Crippen molar-refractivity contribution in [1.29, 1.82) is 0 Å². The van der Waals surface area contributed by atoms with Crippen molar-refractivity contribution >= 4 is 62.7 Å². The van der Waals surface area contributed by atoms with Crippen LogP contribution in [-0.2, 0) is 30.5 Å². The second-order valence-corrected chi connectivity index (χ2v) is 15.3. The molecule has 2 fully saturated rings. The van der Waals surface area contributed by atoms with Crippen LogP contribution in [0.3, 0.4) is 0 Å². The Hall–Kier alpha value is -5.45. The van der Waals surface area contributed by atoms with Crippen molar-refractivity contribution in [2.24, 2.45) is 5.92 Å². The minimum Gasteiger partial charge on any atom is -0.494 e. The van der Waals surface area contributed by atoms with Gasteiger partial charge >= 0.3 is 0 Å². The number of anilines is 2. The number of nitrogens with two attached hydrogens (primary N) is 1. The highest BCUT2D eigenvalue weighted by Crippen LogP contribution is 2.41. The minimum atomic E-state index is -0.521. The second kappa shape index (κ2) is 17.1. The summed E-state index contributed by atoms with van der Waals surface area (Å²) < 4.78 is 11.9. The van der Waals surface area contributed by atoms with Crippen LogP contribution >= 0.6 is 11.3 Å². The molecule has 5 amide bonds. The van der Waals surface area contributed by atoms with E-state index in [0.717, 1.165) is 41.3 Å². The number of nitrogens with zero attached hydrogens (tertiary/aromatic N) is 4. The van der Waals surface area contributed by atoms with E-state index in [2.05, 4.69) is 25.9 Å². The molecule has 15 nitrogen and oxygen atoms in total. The zero-order valence-corrected chi connectivity index (χ0v) is 32.3. The van der Waals surface area contributed by atoms with Gasteiger partial charge in [0.25, 0.3) is 5.91 Å². The van der Waals surface area contributed by atoms with Crippen LogP contribution in [0.4, 0.5) is 11.6 Å². The van der Waals surface area contributed by atoms with Crippen molar-refractivity contribution in [2.75, 3.05) is 44.4 Å². The van der Waals surface area contributed by atoms with E-state index in [1.54, 1.807) is 13.2 Å². The fourth-order valence-electron chi connectivity index (χ4n) is 7.76. The van der Waals surface area contributed by atoms with E-state index in [4.69, 9.17) is 15.2 Å². The number of methoxy groups -OCH3 is 1. The van der Waals surface area contributed by atoms with E-state index in [-0.39, 0.29) is 54.7 Å². The lowest BCUT2D eigenvalue weighted by molar-refractivity contribution is -0.143. The molecule has 0 aliphatic carbocycles. The summed E-state index contributed by atoms with van der Waals surface area (Å²) >= 11 is 1.28. The van der Waals surface area contributed by atoms with Crippen LogP contribution in [0.25, 0.3) is 21.5 Å². The topological polar surface area (TPSA) is 198 Å². The number of likely N-dealkylation sites (tertiary alicyclic amines) is 1. The largest absolute Gasteiger partial charge is 0.494 e. The van der Waals surface area contributed by atoms with Gasteiger partial charge in [-0.3, -0.25) is 34.2 Å². The molecule has 0 spiro atoms. The van der Waals surface area contributed by atoms with Crippen LogP contribution in [0, 0.1) is 5.92 Å². The lowest BCUT2D eigenvalue weighted by atomic mass is 9.93. The average molecular weight is 783 g/mol. The van der Waals surface area contributed by atoms with Crippen LogP contribution in [-0.4, -0.2) is 88.7 Å². The van der Waals surface area contributed by atoms with Gasteiger partial charge in [0.2, 0.25) is 29.6 Å². The Morgan fingerprint density at radius 1 is 1.04 bits per heavy atom. The first-order valence-electron chi connectivity index (χ1n) is 19.0. The molecule has 3 aliphatic heterocycles. The number of benzene rings is 2. The molecule has 4 aromatic rings. The maximum absolute atomic E-state index is 13.1. The first kappa shape index (κ1) is 38.8. The lowest BCUT2D eigenvalue weighted by Crippen LogP contribution is -2.52. The van der Waals surface area contributed by atoms with E-state index in [1.165, 1.54) is 11.3 Å². The third kappa shape index (κ3) is 8.51. The Balaban J connectivity index is 0.864. The highest BCUT2D eigenvalue weighted by Gasteiger charge is 2.41. The minimum absolute atomic E-state index is 0.0448. The molecule has 5 N–H and O–H groups in total. The van der Waals surface area contributed by atoms with Crippen LogP contribution in [0.15, 0.2) is 48.5 Å². The number of imide groups is 1. The zero-order chi connectivity index (χ0) is 39.3. The molecular formula is C40H46N8O7S. The maximum atomic E-state index is 13.1. The predicted molar refractivity (Wildman–Crippen MR) is 210 cm³/mol. The number of amides is 5. The Kier molecular flexibility index (Phi) is 11.9. The smallest absolute Gasteiger partial charge is 0.261 e. The molecule has 294 valence electrons. The SMILES string of the molecule is CCNC(=O)c1cc2c(-c3cccc(OCCC4CCN(C(=O)CCC(=O)Nc5cccc6c5CN(C5CCC(=O)NC5=O)C6OC)CC4)c3)nc(N)nc2s1. The normalized spacial score (nSPS) is 18.8. The van der Waals surface area contributed by atoms with Crippen LogP contribution in [0.5, 0.6) is 5.75 Å². The van der Waals surface area contributed by atoms with Gasteiger partial charge in [-0.15, -0.1) is 11.3 Å². The van der Waals surface area contributed by atoms with Gasteiger partial charge < -0.3 is 30.7 Å². The molecule has 0 saturated carbocycles. The summed E-state index contributed by atoms with van der Waals surface area (Å²) in [6.45, 7) is 4.55. The summed E-state index contributed by atoms with van der Waals surface area (Å²) in [4.78, 5) is 76.8. The number of hydrogen-bond acceptors (Lipinski definition) is 12. The predicted octanol–water partition coefficient (Wildman–Crippen LogP) is 4.38. The number of piperidine rings is 2. The molecule has 2 unspecified atom stereocenters. The van der Waals surface area contributed by atoms with Gasteiger partial charge in [-0.1, -0.05) is 24.3 Å². The van der Waals surface area contributed by atoms with Gasteiger partial charge in [0.05, 0.1) is 23.2 Å². The van der Waals surface area contributed by atoms with Crippen molar-refractivity contribution in [3.05, 3.63) is 64.5 Å². The average Bonchev–Trinajstić information content (AvgIpc) is 3.79. The Morgan fingerprint density at radius 2 is 1.84 bits per heavy atom. The van der Waals surface area contributed by atoms with Crippen molar-refractivity contribution in [1.82, 2.24) is 30.4 Å². The third-order valence-corrected chi connectivity index (χ3v) is 11.7. The number of carbonyl (C=O) groups is 5. The molecule has 56 heavy (non-hydrogen) atoms. The molecule has 0 radical (unpaired) electrons. The maximum Gasteiger partial charge on any atom is 0.261 e. The number of aromatic nitrogens is 2. The summed E-state index contributed by atoms with van der Waals surface area (Å²) in [7, 11) is 1.57. The molecular weight excluding hydrogens is 737 g/mol. The van der Waals surface area contributed by atoms with Crippen molar-refractivity contribution in [2.45, 2.75) is 70.7 Å². The van der Waals surface area contributed by atoms with Crippen LogP contribution in [0.2, 0.25) is 0 Å². The number of fused-ring (bicyclic) bond motifs is 2. The van der Waals surface area contributed by atoms with Gasteiger partial charge in [-0.25, -0.2) is 9.97 Å². The number of ether oxygens (including phenoxy) is 2. The Bertz CT molecular complexity index is 2150. The molecule has 2 aromatic heterocycles. The number of carbonyl (C=O) groups excluding carboxylic acids is 5. The van der Waals surface area contributed by atoms with Crippen molar-refractivity contribution in [3.8, 4) is 17.0 Å². The molecule has 5 heterocycles. The Morgan fingerprint density at radius 3 is 2.61 bits per heavy atom. The molecule has 2 atom stereocenters. The number of nitrogen functional groups attached to an aromatic ring is 1. The summed E-state index contributed by atoms with van der Waals surface area (Å²) in [5, 5.41) is 8.96. The fourth-order valence-corrected chi connectivity index (χ4v) is 8.72. The summed E-state index contributed by atoms with van der Waals surface area (Å²) in [5.74, 6) is 0.141. The lowest BCUT2D eigenvalue weighted by Gasteiger charge is -2.33. The highest BCUT2D eigenvalue weighted by molar-refractivity contribution is 7.20. The highest BCUT2D eigenvalue weighted by atomic mass is 32.1. The molecule has 2 saturated heterocycles. The van der Waals surface area contributed by atoms with E-state index in [1.807, 2.05) is 59.2 Å². The van der Waals surface area contributed by atoms with E-state index in [9.17, 15) is 24.0 Å². The number of thiophene rings is 1. The van der Waals surface area contributed by atoms with E-state index in [0.29, 0.717) is 72.0 Å². The van der Waals surface area contributed by atoms with Gasteiger partial charge in [0.1, 0.15) is 16.8 Å². The van der Waals surface area contributed by atoms with Crippen molar-refractivity contribution in [3.63, 3.8) is 0 Å². The molecule has 3 aliphatic rings. The summed E-state index contributed by atoms with van der Waals surface area (Å²) in [5.41, 5.74) is 9.82. The molecule has 0 bridgehead atoms. The number of nitrogens with one attached hydrogen (secondary N) is 3. The fraction of sp³-hybridized carbons (Fsp3) is 0.425. The number of hydrogen-bond donors (Lipinski definition) is 4. The van der Waals surface area contributed by atoms with Gasteiger partial charge in [0.15, 0.2) is 0 Å². The second-order valence-electron chi connectivity index (χ2n) is 14.3. The standard InChI is InChI=1S/C40H46N8O7S/c1-3-42-37(53)31-21-27-35(45-40(41)46-38(27)56-31)24-6-4-7-25(20-24)55-19-16-23-14-17-47(18-15-23)34(51)13-12-32(49)43-29-9-5-8-26-28(29)22-48(39(26)54-2)30-10-11-33(50)44-36(30)52/h4-9,20-21,23,30,39H,3,10-19,22H2,1-2H3,(H,42,53)(H,43,49)(H2,41,45,46)(H,44,50,52).